The summed E-state index contributed by atoms with van der Waals surface area (Å²) in [5.41, 5.74) is 2.25. The number of ether oxygens (including phenoxy) is 1. The van der Waals surface area contributed by atoms with E-state index in [1.807, 2.05) is 48.5 Å². The molecule has 2 N–H and O–H groups in total. The number of hydrogen-bond donors (Lipinski definition) is 2. The van der Waals surface area contributed by atoms with Gasteiger partial charge in [-0.15, -0.1) is 10.2 Å². The number of amides is 1. The molecule has 0 saturated carbocycles. The number of nitrogens with zero attached hydrogens (tertiary/aromatic N) is 2. The fraction of sp³-hybridized carbons (Fsp3) is 0.0455. The van der Waals surface area contributed by atoms with Crippen LogP contribution in [0.25, 0.3) is 10.9 Å². The van der Waals surface area contributed by atoms with Crippen LogP contribution in [0.15, 0.2) is 89.1 Å². The molecule has 4 aromatic rings. The second-order valence-electron chi connectivity index (χ2n) is 6.14. The summed E-state index contributed by atoms with van der Waals surface area (Å²) in [5, 5.41) is 18.5. The molecule has 6 nitrogen and oxygen atoms in total. The smallest absolute Gasteiger partial charge is 0.299 e. The second-order valence-corrected chi connectivity index (χ2v) is 6.14. The van der Waals surface area contributed by atoms with Gasteiger partial charge in [-0.3, -0.25) is 4.79 Å². The number of para-hydroxylation sites is 2. The molecule has 0 radical (unpaired) electrons. The Morgan fingerprint density at radius 3 is 2.50 bits per heavy atom. The Morgan fingerprint density at radius 1 is 0.929 bits per heavy atom. The Morgan fingerprint density at radius 2 is 1.64 bits per heavy atom. The minimum atomic E-state index is -0.548. The number of rotatable bonds is 5. The van der Waals surface area contributed by atoms with Gasteiger partial charge in [-0.05, 0) is 23.8 Å². The molecule has 0 fully saturated rings. The molecule has 138 valence electrons. The van der Waals surface area contributed by atoms with Gasteiger partial charge in [0.25, 0.3) is 5.91 Å². The van der Waals surface area contributed by atoms with Crippen molar-refractivity contribution in [2.24, 2.45) is 10.2 Å². The van der Waals surface area contributed by atoms with Crippen molar-refractivity contribution in [2.75, 3.05) is 0 Å². The minimum absolute atomic E-state index is 0.133. The van der Waals surface area contributed by atoms with Crippen LogP contribution >= 0.6 is 0 Å². The normalized spacial score (nSPS) is 11.1. The molecule has 3 aromatic carbocycles. The summed E-state index contributed by atoms with van der Waals surface area (Å²) in [6, 6.07) is 23.8. The van der Waals surface area contributed by atoms with Crippen LogP contribution in [0.3, 0.4) is 0 Å². The molecule has 0 spiro atoms. The molecule has 0 unspecified atom stereocenters. The van der Waals surface area contributed by atoms with Crippen molar-refractivity contribution in [1.29, 1.82) is 0 Å². The van der Waals surface area contributed by atoms with Crippen LogP contribution in [0.1, 0.15) is 15.9 Å². The van der Waals surface area contributed by atoms with E-state index in [1.165, 1.54) is 0 Å². The van der Waals surface area contributed by atoms with Crippen LogP contribution in [0.4, 0.5) is 5.69 Å². The van der Waals surface area contributed by atoms with Gasteiger partial charge < -0.3 is 14.8 Å². The minimum Gasteiger partial charge on any atom is -0.493 e. The van der Waals surface area contributed by atoms with Crippen molar-refractivity contribution < 1.29 is 14.6 Å². The highest BCUT2D eigenvalue weighted by molar-refractivity contribution is 5.98. The topological polar surface area (TPSA) is 87.0 Å². The zero-order chi connectivity index (χ0) is 19.3. The number of fused-ring (bicyclic) bond motifs is 1. The molecule has 1 aromatic heterocycles. The van der Waals surface area contributed by atoms with E-state index in [4.69, 9.17) is 4.74 Å². The van der Waals surface area contributed by atoms with Crippen LogP contribution in [0.5, 0.6) is 11.6 Å². The number of carbonyl (C=O) groups is 1. The van der Waals surface area contributed by atoms with Crippen LogP contribution in [0.2, 0.25) is 0 Å². The number of nitrogens with one attached hydrogen (secondary N) is 1. The van der Waals surface area contributed by atoms with Crippen molar-refractivity contribution in [1.82, 2.24) is 4.98 Å². The van der Waals surface area contributed by atoms with E-state index in [0.717, 1.165) is 5.56 Å². The summed E-state index contributed by atoms with van der Waals surface area (Å²) in [6.45, 7) is 0.339. The Hall–Kier alpha value is -3.93. The third kappa shape index (κ3) is 3.61. The summed E-state index contributed by atoms with van der Waals surface area (Å²) < 4.78 is 5.80. The number of aromatic amines is 1. The fourth-order valence-corrected chi connectivity index (χ4v) is 2.87. The Bertz CT molecular complexity index is 1150. The van der Waals surface area contributed by atoms with Gasteiger partial charge in [0.1, 0.15) is 12.4 Å². The van der Waals surface area contributed by atoms with Crippen molar-refractivity contribution in [2.45, 2.75) is 6.61 Å². The first-order chi connectivity index (χ1) is 13.7. The number of hydrogen-bond acceptors (Lipinski definition) is 4. The van der Waals surface area contributed by atoms with Gasteiger partial charge in [-0.2, -0.15) is 0 Å². The zero-order valence-electron chi connectivity index (χ0n) is 14.9. The summed E-state index contributed by atoms with van der Waals surface area (Å²) in [7, 11) is 0. The van der Waals surface area contributed by atoms with Crippen molar-refractivity contribution in [3.05, 3.63) is 90.0 Å². The molecule has 0 atom stereocenters. The van der Waals surface area contributed by atoms with Crippen LogP contribution in [-0.2, 0) is 6.61 Å². The lowest BCUT2D eigenvalue weighted by Crippen LogP contribution is -2.02. The first-order valence-corrected chi connectivity index (χ1v) is 8.74. The number of benzene rings is 3. The molecule has 0 aliphatic carbocycles. The van der Waals surface area contributed by atoms with Gasteiger partial charge in [0.05, 0.1) is 11.1 Å². The molecule has 6 heteroatoms. The Balaban J connectivity index is 1.56. The highest BCUT2D eigenvalue weighted by atomic mass is 16.5. The second kappa shape index (κ2) is 7.75. The van der Waals surface area contributed by atoms with E-state index in [-0.39, 0.29) is 11.6 Å². The number of H-pyrrole nitrogens is 1. The molecular formula is C22H17N3O3. The fourth-order valence-electron chi connectivity index (χ4n) is 2.87. The summed E-state index contributed by atoms with van der Waals surface area (Å²) >= 11 is 0. The molecule has 4 rings (SSSR count). The zero-order valence-corrected chi connectivity index (χ0v) is 14.9. The number of aromatic hydroxyl groups is 1. The number of azo groups is 1. The molecular weight excluding hydrogens is 354 g/mol. The third-order valence-corrected chi connectivity index (χ3v) is 4.26. The van der Waals surface area contributed by atoms with E-state index in [9.17, 15) is 9.90 Å². The van der Waals surface area contributed by atoms with Gasteiger partial charge >= 0.3 is 0 Å². The maximum Gasteiger partial charge on any atom is 0.299 e. The first-order valence-electron chi connectivity index (χ1n) is 8.74. The standard InChI is InChI=1S/C22H17N3O3/c26-21(25-24-20-16-10-4-6-12-18(16)23-22(20)27)17-11-5-7-13-19(17)28-14-15-8-2-1-3-9-15/h1-13,23,27H,14H2. The van der Waals surface area contributed by atoms with E-state index in [0.29, 0.717) is 28.8 Å². The van der Waals surface area contributed by atoms with Gasteiger partial charge in [0, 0.05) is 5.39 Å². The molecule has 0 aliphatic heterocycles. The maximum atomic E-state index is 12.6. The summed E-state index contributed by atoms with van der Waals surface area (Å²) in [6.07, 6.45) is 0. The van der Waals surface area contributed by atoms with Crippen LogP contribution in [0, 0.1) is 0 Å². The lowest BCUT2D eigenvalue weighted by molar-refractivity contribution is 0.0990. The van der Waals surface area contributed by atoms with E-state index < -0.39 is 5.91 Å². The lowest BCUT2D eigenvalue weighted by Gasteiger charge is -2.09. The summed E-state index contributed by atoms with van der Waals surface area (Å²) in [5.74, 6) is -0.252. The van der Waals surface area contributed by atoms with E-state index >= 15 is 0 Å². The SMILES string of the molecule is O=C(N=Nc1c(O)[nH]c2ccccc12)c1ccccc1OCc1ccccc1. The first kappa shape index (κ1) is 17.5. The van der Waals surface area contributed by atoms with Gasteiger partial charge in [-0.1, -0.05) is 60.7 Å². The van der Waals surface area contributed by atoms with Crippen molar-refractivity contribution in [3.8, 4) is 11.6 Å². The Labute approximate surface area is 161 Å². The average Bonchev–Trinajstić information content (AvgIpc) is 3.06. The highest BCUT2D eigenvalue weighted by Gasteiger charge is 2.14. The van der Waals surface area contributed by atoms with E-state index in [1.54, 1.807) is 30.3 Å². The van der Waals surface area contributed by atoms with Crippen LogP contribution < -0.4 is 4.74 Å². The summed E-state index contributed by atoms with van der Waals surface area (Å²) in [4.78, 5) is 15.4. The quantitative estimate of drug-likeness (QED) is 0.462. The third-order valence-electron chi connectivity index (χ3n) is 4.26. The van der Waals surface area contributed by atoms with Crippen molar-refractivity contribution >= 4 is 22.5 Å². The van der Waals surface area contributed by atoms with Gasteiger partial charge in [0.2, 0.25) is 5.88 Å². The number of aromatic nitrogens is 1. The Kier molecular flexibility index (Phi) is 4.84. The predicted molar refractivity (Wildman–Crippen MR) is 106 cm³/mol. The van der Waals surface area contributed by atoms with E-state index in [2.05, 4.69) is 15.2 Å². The monoisotopic (exact) mass is 371 g/mol. The predicted octanol–water partition coefficient (Wildman–Crippen LogP) is 5.38. The van der Waals surface area contributed by atoms with Crippen LogP contribution in [-0.4, -0.2) is 16.0 Å². The van der Waals surface area contributed by atoms with Gasteiger partial charge in [-0.25, -0.2) is 0 Å². The maximum absolute atomic E-state index is 12.6. The lowest BCUT2D eigenvalue weighted by atomic mass is 10.2. The molecule has 28 heavy (non-hydrogen) atoms. The molecule has 1 heterocycles. The van der Waals surface area contributed by atoms with Gasteiger partial charge in [0.15, 0.2) is 5.69 Å². The largest absolute Gasteiger partial charge is 0.493 e. The molecule has 0 saturated heterocycles. The average molecular weight is 371 g/mol. The highest BCUT2D eigenvalue weighted by Crippen LogP contribution is 2.35. The molecule has 0 bridgehead atoms. The van der Waals surface area contributed by atoms with Crippen molar-refractivity contribution in [3.63, 3.8) is 0 Å². The molecule has 0 aliphatic rings. The number of carbonyl (C=O) groups excluding carboxylic acids is 1. The molecule has 1 amide bonds.